The number of esters is 1. The van der Waals surface area contributed by atoms with Crippen molar-refractivity contribution in [3.63, 3.8) is 0 Å². The number of hydrogen-bond acceptors (Lipinski definition) is 7. The monoisotopic (exact) mass is 549 g/mol. The summed E-state index contributed by atoms with van der Waals surface area (Å²) in [6.07, 6.45) is 1.86. The summed E-state index contributed by atoms with van der Waals surface area (Å²) in [7, 11) is 0. The number of carbonyl (C=O) groups is 3. The predicted molar refractivity (Wildman–Crippen MR) is 131 cm³/mol. The van der Waals surface area contributed by atoms with E-state index in [9.17, 15) is 14.4 Å². The van der Waals surface area contributed by atoms with E-state index < -0.39 is 42.1 Å². The molecule has 4 unspecified atom stereocenters. The molecule has 35 heavy (non-hydrogen) atoms. The number of benzene rings is 1. The molecule has 3 rings (SSSR count). The van der Waals surface area contributed by atoms with Crippen molar-refractivity contribution in [2.45, 2.75) is 71.1 Å². The van der Waals surface area contributed by atoms with Gasteiger partial charge in [0.2, 0.25) is 5.91 Å². The van der Waals surface area contributed by atoms with Crippen LogP contribution in [0, 0.1) is 5.92 Å². The van der Waals surface area contributed by atoms with E-state index in [1.165, 1.54) is 6.92 Å². The Morgan fingerprint density at radius 3 is 2.51 bits per heavy atom. The van der Waals surface area contributed by atoms with Crippen LogP contribution in [-0.4, -0.2) is 40.6 Å². The van der Waals surface area contributed by atoms with Gasteiger partial charge in [0.1, 0.15) is 17.6 Å². The van der Waals surface area contributed by atoms with Crippen LogP contribution in [0.15, 0.2) is 45.3 Å². The third kappa shape index (κ3) is 6.52. The Balaban J connectivity index is 1.77. The van der Waals surface area contributed by atoms with Crippen molar-refractivity contribution < 1.29 is 33.4 Å². The second-order valence-electron chi connectivity index (χ2n) is 8.79. The first-order valence-corrected chi connectivity index (χ1v) is 12.7. The van der Waals surface area contributed by atoms with E-state index in [1.807, 2.05) is 30.3 Å². The number of hydrogen-bond donors (Lipinski definition) is 1. The standard InChI is InChI=1S/C26H32BrNO7/c1-16(25(31)28-17(2)24(35-26(28)32)19-11-7-6-8-12-19)23(33-18(3)30)22-15-20(27)21(34-22)13-9-4-5-10-14-29/h6-8,11-12,15-17,23-24,29H,4-5,9-10,13-14H2,1-3H3. The molecule has 4 atom stereocenters. The molecule has 8 nitrogen and oxygen atoms in total. The maximum Gasteiger partial charge on any atom is 0.417 e. The van der Waals surface area contributed by atoms with Crippen molar-refractivity contribution in [2.24, 2.45) is 5.92 Å². The number of unbranched alkanes of at least 4 members (excludes halogenated alkanes) is 3. The van der Waals surface area contributed by atoms with Crippen LogP contribution in [0.1, 0.15) is 75.7 Å². The highest BCUT2D eigenvalue weighted by Gasteiger charge is 2.46. The van der Waals surface area contributed by atoms with Gasteiger partial charge in [-0.25, -0.2) is 9.69 Å². The molecular weight excluding hydrogens is 518 g/mol. The number of aliphatic hydroxyl groups excluding tert-OH is 1. The molecule has 0 saturated carbocycles. The number of aliphatic hydroxyl groups is 1. The number of aryl methyl sites for hydroxylation is 1. The van der Waals surface area contributed by atoms with Gasteiger partial charge in [0.15, 0.2) is 6.10 Å². The molecule has 1 aromatic heterocycles. The van der Waals surface area contributed by atoms with Crippen LogP contribution in [0.5, 0.6) is 0 Å². The van der Waals surface area contributed by atoms with Gasteiger partial charge in [-0.05, 0) is 54.2 Å². The van der Waals surface area contributed by atoms with E-state index in [2.05, 4.69) is 15.9 Å². The van der Waals surface area contributed by atoms with Gasteiger partial charge in [-0.1, -0.05) is 43.2 Å². The molecule has 1 aromatic carbocycles. The van der Waals surface area contributed by atoms with Crippen LogP contribution in [-0.2, 0) is 25.5 Å². The zero-order chi connectivity index (χ0) is 25.5. The number of ether oxygens (including phenoxy) is 2. The fraction of sp³-hybridized carbons (Fsp3) is 0.500. The van der Waals surface area contributed by atoms with Gasteiger partial charge in [-0.2, -0.15) is 0 Å². The topological polar surface area (TPSA) is 106 Å². The molecule has 1 saturated heterocycles. The van der Waals surface area contributed by atoms with E-state index in [0.29, 0.717) is 17.9 Å². The summed E-state index contributed by atoms with van der Waals surface area (Å²) in [4.78, 5) is 39.1. The van der Waals surface area contributed by atoms with Crippen molar-refractivity contribution in [3.05, 3.63) is 58.0 Å². The third-order valence-electron chi connectivity index (χ3n) is 6.14. The van der Waals surface area contributed by atoms with E-state index >= 15 is 0 Å². The summed E-state index contributed by atoms with van der Waals surface area (Å²) in [6, 6.07) is 10.4. The molecule has 0 aliphatic carbocycles. The van der Waals surface area contributed by atoms with Crippen LogP contribution in [0.4, 0.5) is 4.79 Å². The van der Waals surface area contributed by atoms with Crippen molar-refractivity contribution in [1.29, 1.82) is 0 Å². The number of halogens is 1. The van der Waals surface area contributed by atoms with Gasteiger partial charge >= 0.3 is 12.1 Å². The minimum absolute atomic E-state index is 0.180. The quantitative estimate of drug-likeness (QED) is 0.292. The molecule has 2 amide bonds. The molecule has 1 aliphatic rings. The highest BCUT2D eigenvalue weighted by atomic mass is 79.9. The van der Waals surface area contributed by atoms with Crippen molar-refractivity contribution in [2.75, 3.05) is 6.61 Å². The normalized spacial score (nSPS) is 19.3. The second kappa shape index (κ2) is 12.4. The summed E-state index contributed by atoms with van der Waals surface area (Å²) in [6.45, 7) is 4.81. The largest absolute Gasteiger partial charge is 0.461 e. The van der Waals surface area contributed by atoms with Gasteiger partial charge in [-0.3, -0.25) is 9.59 Å². The molecule has 1 fully saturated rings. The molecule has 1 aliphatic heterocycles. The summed E-state index contributed by atoms with van der Waals surface area (Å²) < 4.78 is 17.8. The average molecular weight is 550 g/mol. The number of amides is 2. The summed E-state index contributed by atoms with van der Waals surface area (Å²) in [5, 5.41) is 8.92. The molecule has 1 N–H and O–H groups in total. The van der Waals surface area contributed by atoms with Gasteiger partial charge in [0, 0.05) is 20.0 Å². The third-order valence-corrected chi connectivity index (χ3v) is 6.81. The number of furan rings is 1. The molecular formula is C26H32BrNO7. The van der Waals surface area contributed by atoms with Gasteiger partial charge < -0.3 is 19.0 Å². The Labute approximate surface area is 213 Å². The van der Waals surface area contributed by atoms with Crippen molar-refractivity contribution in [1.82, 2.24) is 4.90 Å². The lowest BCUT2D eigenvalue weighted by atomic mass is 9.98. The maximum absolute atomic E-state index is 13.5. The van der Waals surface area contributed by atoms with Gasteiger partial charge in [0.05, 0.1) is 16.4 Å². The van der Waals surface area contributed by atoms with Crippen LogP contribution >= 0.6 is 15.9 Å². The van der Waals surface area contributed by atoms with E-state index in [0.717, 1.165) is 40.6 Å². The van der Waals surface area contributed by atoms with Crippen LogP contribution in [0.25, 0.3) is 0 Å². The Kier molecular flexibility index (Phi) is 9.51. The Morgan fingerprint density at radius 1 is 1.17 bits per heavy atom. The lowest BCUT2D eigenvalue weighted by Gasteiger charge is -2.26. The first kappa shape index (κ1) is 26.9. The first-order valence-electron chi connectivity index (χ1n) is 11.9. The lowest BCUT2D eigenvalue weighted by Crippen LogP contribution is -2.43. The van der Waals surface area contributed by atoms with Gasteiger partial charge in [-0.15, -0.1) is 0 Å². The zero-order valence-corrected chi connectivity index (χ0v) is 21.8. The van der Waals surface area contributed by atoms with Crippen molar-refractivity contribution in [3.8, 4) is 0 Å². The Morgan fingerprint density at radius 2 is 1.86 bits per heavy atom. The fourth-order valence-corrected chi connectivity index (χ4v) is 4.77. The second-order valence-corrected chi connectivity index (χ2v) is 9.64. The van der Waals surface area contributed by atoms with Gasteiger partial charge in [0.25, 0.3) is 0 Å². The van der Waals surface area contributed by atoms with Crippen LogP contribution < -0.4 is 0 Å². The van der Waals surface area contributed by atoms with Crippen molar-refractivity contribution >= 4 is 33.9 Å². The number of nitrogens with zero attached hydrogens (tertiary/aromatic N) is 1. The summed E-state index contributed by atoms with van der Waals surface area (Å²) in [5.74, 6) is -0.937. The summed E-state index contributed by atoms with van der Waals surface area (Å²) in [5.41, 5.74) is 0.798. The Bertz CT molecular complexity index is 1020. The average Bonchev–Trinajstić information content (AvgIpc) is 3.35. The predicted octanol–water partition coefficient (Wildman–Crippen LogP) is 5.49. The molecule has 2 heterocycles. The van der Waals surface area contributed by atoms with E-state index in [1.54, 1.807) is 19.9 Å². The highest BCUT2D eigenvalue weighted by Crippen LogP contribution is 2.38. The van der Waals surface area contributed by atoms with E-state index in [4.69, 9.17) is 19.0 Å². The number of imide groups is 1. The number of rotatable bonds is 11. The molecule has 0 radical (unpaired) electrons. The van der Waals surface area contributed by atoms with Crippen LogP contribution in [0.2, 0.25) is 0 Å². The summed E-state index contributed by atoms with van der Waals surface area (Å²) >= 11 is 3.50. The number of cyclic esters (lactones) is 1. The SMILES string of the molecule is CC(=O)OC(c1cc(Br)c(CCCCCCO)o1)C(C)C(=O)N1C(=O)OC(c2ccccc2)C1C. The number of carbonyl (C=O) groups excluding carboxylic acids is 3. The highest BCUT2D eigenvalue weighted by molar-refractivity contribution is 9.10. The maximum atomic E-state index is 13.5. The minimum atomic E-state index is -1.00. The first-order chi connectivity index (χ1) is 16.7. The van der Waals surface area contributed by atoms with E-state index in [-0.39, 0.29) is 6.61 Å². The van der Waals surface area contributed by atoms with Crippen LogP contribution in [0.3, 0.4) is 0 Å². The minimum Gasteiger partial charge on any atom is -0.461 e. The zero-order valence-electron chi connectivity index (χ0n) is 20.2. The molecule has 190 valence electrons. The molecule has 0 spiro atoms. The Hall–Kier alpha value is -2.65. The lowest BCUT2D eigenvalue weighted by molar-refractivity contribution is -0.154. The molecule has 2 aromatic rings. The molecule has 9 heteroatoms. The fourth-order valence-electron chi connectivity index (χ4n) is 4.27. The molecule has 0 bridgehead atoms. The smallest absolute Gasteiger partial charge is 0.417 e.